The van der Waals surface area contributed by atoms with E-state index in [0.717, 1.165) is 25.2 Å². The van der Waals surface area contributed by atoms with Crippen LogP contribution in [0.25, 0.3) is 0 Å². The SMILES string of the molecule is CN1CCN(C(=O)C23CCC(C)(/C(=N/Nc4ccccc4)C2=O)C3(C)C)CC1. The molecule has 0 aromatic heterocycles. The Morgan fingerprint density at radius 3 is 2.32 bits per heavy atom. The molecule has 1 aliphatic heterocycles. The Labute approximate surface area is 167 Å². The molecule has 1 aromatic carbocycles. The number of likely N-dealkylation sites (N-methyl/N-ethyl adjacent to an activating group) is 1. The van der Waals surface area contributed by atoms with Gasteiger partial charge < -0.3 is 9.80 Å². The zero-order chi connectivity index (χ0) is 20.2. The van der Waals surface area contributed by atoms with Crippen molar-refractivity contribution < 1.29 is 9.59 Å². The second kappa shape index (κ2) is 6.41. The summed E-state index contributed by atoms with van der Waals surface area (Å²) in [4.78, 5) is 31.5. The second-order valence-electron chi connectivity index (χ2n) is 9.23. The van der Waals surface area contributed by atoms with E-state index in [1.54, 1.807) is 0 Å². The minimum absolute atomic E-state index is 0.00392. The number of carbonyl (C=O) groups is 2. The van der Waals surface area contributed by atoms with Gasteiger partial charge in [0.05, 0.1) is 5.69 Å². The van der Waals surface area contributed by atoms with Crippen molar-refractivity contribution in [3.8, 4) is 0 Å². The van der Waals surface area contributed by atoms with E-state index in [9.17, 15) is 9.59 Å². The van der Waals surface area contributed by atoms with Gasteiger partial charge in [-0.3, -0.25) is 15.0 Å². The topological polar surface area (TPSA) is 65.0 Å². The van der Waals surface area contributed by atoms with E-state index in [4.69, 9.17) is 0 Å². The van der Waals surface area contributed by atoms with Crippen molar-refractivity contribution >= 4 is 23.1 Å². The minimum atomic E-state index is -0.991. The summed E-state index contributed by atoms with van der Waals surface area (Å²) in [7, 11) is 2.07. The van der Waals surface area contributed by atoms with Gasteiger partial charge in [0, 0.05) is 31.6 Å². The number of nitrogens with zero attached hydrogens (tertiary/aromatic N) is 3. The predicted molar refractivity (Wildman–Crippen MR) is 110 cm³/mol. The standard InChI is InChI=1S/C22H30N4O2/c1-20(2)21(3)10-11-22(20,19(28)26-14-12-25(4)13-15-26)18(27)17(21)24-23-16-8-6-5-7-9-16/h5-9,23H,10-15H2,1-4H3/b24-17+. The van der Waals surface area contributed by atoms with Gasteiger partial charge in [-0.1, -0.05) is 39.0 Å². The molecule has 2 saturated carbocycles. The first-order valence-electron chi connectivity index (χ1n) is 10.2. The summed E-state index contributed by atoms with van der Waals surface area (Å²) in [5.74, 6) is -0.0807. The molecule has 2 aliphatic carbocycles. The van der Waals surface area contributed by atoms with Crippen LogP contribution >= 0.6 is 0 Å². The minimum Gasteiger partial charge on any atom is -0.339 e. The average molecular weight is 383 g/mol. The quantitative estimate of drug-likeness (QED) is 0.645. The maximum Gasteiger partial charge on any atom is 0.237 e. The van der Waals surface area contributed by atoms with Gasteiger partial charge in [-0.25, -0.2) is 0 Å². The number of anilines is 1. The van der Waals surface area contributed by atoms with E-state index in [0.29, 0.717) is 25.2 Å². The number of benzene rings is 1. The lowest BCUT2D eigenvalue weighted by molar-refractivity contribution is -0.154. The Hall–Kier alpha value is -2.21. The lowest BCUT2D eigenvalue weighted by Gasteiger charge is -2.42. The molecule has 6 heteroatoms. The molecular weight excluding hydrogens is 352 g/mol. The molecule has 3 aliphatic rings. The molecule has 1 aromatic rings. The number of fused-ring (bicyclic) bond motifs is 2. The summed E-state index contributed by atoms with van der Waals surface area (Å²) < 4.78 is 0. The van der Waals surface area contributed by atoms with Crippen LogP contribution in [0.3, 0.4) is 0 Å². The van der Waals surface area contributed by atoms with Crippen molar-refractivity contribution in [2.24, 2.45) is 21.3 Å². The number of para-hydroxylation sites is 1. The molecule has 28 heavy (non-hydrogen) atoms. The molecule has 6 nitrogen and oxygen atoms in total. The van der Waals surface area contributed by atoms with Crippen LogP contribution in [-0.4, -0.2) is 60.4 Å². The Balaban J connectivity index is 1.68. The highest BCUT2D eigenvalue weighted by Crippen LogP contribution is 2.69. The monoisotopic (exact) mass is 382 g/mol. The first-order valence-corrected chi connectivity index (χ1v) is 10.2. The van der Waals surface area contributed by atoms with Gasteiger partial charge in [0.15, 0.2) is 5.78 Å². The van der Waals surface area contributed by atoms with Crippen LogP contribution in [0.4, 0.5) is 5.69 Å². The summed E-state index contributed by atoms with van der Waals surface area (Å²) in [6.07, 6.45) is 1.42. The number of amides is 1. The molecule has 1 amide bonds. The number of Topliss-reactive ketones (excluding diaryl/α,β-unsaturated/α-hetero) is 1. The fourth-order valence-corrected chi connectivity index (χ4v) is 5.36. The molecule has 1 N–H and O–H groups in total. The third-order valence-electron chi connectivity index (χ3n) is 7.80. The smallest absolute Gasteiger partial charge is 0.237 e. The molecule has 0 radical (unpaired) electrons. The average Bonchev–Trinajstić information content (AvgIpc) is 2.96. The molecular formula is C22H30N4O2. The van der Waals surface area contributed by atoms with E-state index in [2.05, 4.69) is 43.2 Å². The van der Waals surface area contributed by atoms with Crippen molar-refractivity contribution in [3.05, 3.63) is 30.3 Å². The first kappa shape index (κ1) is 19.1. The fraction of sp³-hybridized carbons (Fsp3) is 0.591. The molecule has 2 atom stereocenters. The summed E-state index contributed by atoms with van der Waals surface area (Å²) in [6, 6.07) is 9.63. The molecule has 2 bridgehead atoms. The van der Waals surface area contributed by atoms with E-state index in [-0.39, 0.29) is 11.7 Å². The van der Waals surface area contributed by atoms with E-state index in [1.165, 1.54) is 0 Å². The fourth-order valence-electron chi connectivity index (χ4n) is 5.36. The van der Waals surface area contributed by atoms with Crippen molar-refractivity contribution in [1.82, 2.24) is 9.80 Å². The van der Waals surface area contributed by atoms with Crippen LogP contribution in [0.1, 0.15) is 33.6 Å². The van der Waals surface area contributed by atoms with Crippen LogP contribution < -0.4 is 5.43 Å². The van der Waals surface area contributed by atoms with Crippen molar-refractivity contribution in [3.63, 3.8) is 0 Å². The highest BCUT2D eigenvalue weighted by atomic mass is 16.2. The van der Waals surface area contributed by atoms with Gasteiger partial charge >= 0.3 is 0 Å². The highest BCUT2D eigenvalue weighted by Gasteiger charge is 2.77. The highest BCUT2D eigenvalue weighted by molar-refractivity contribution is 6.50. The van der Waals surface area contributed by atoms with E-state index in [1.807, 2.05) is 35.2 Å². The zero-order valence-electron chi connectivity index (χ0n) is 17.3. The van der Waals surface area contributed by atoms with Crippen molar-refractivity contribution in [2.75, 3.05) is 38.7 Å². The maximum absolute atomic E-state index is 13.7. The second-order valence-corrected chi connectivity index (χ2v) is 9.23. The molecule has 2 unspecified atom stereocenters. The maximum atomic E-state index is 13.7. The van der Waals surface area contributed by atoms with Crippen LogP contribution in [0.5, 0.6) is 0 Å². The molecule has 1 saturated heterocycles. The van der Waals surface area contributed by atoms with Gasteiger partial charge in [-0.05, 0) is 37.4 Å². The van der Waals surface area contributed by atoms with Crippen molar-refractivity contribution in [1.29, 1.82) is 0 Å². The largest absolute Gasteiger partial charge is 0.339 e. The Bertz CT molecular complexity index is 826. The number of carbonyl (C=O) groups excluding carboxylic acids is 2. The number of piperazine rings is 1. The van der Waals surface area contributed by atoms with Gasteiger partial charge in [0.1, 0.15) is 11.1 Å². The number of hydrazone groups is 1. The van der Waals surface area contributed by atoms with Crippen LogP contribution in [0.15, 0.2) is 35.4 Å². The third kappa shape index (κ3) is 2.40. The molecule has 150 valence electrons. The molecule has 1 heterocycles. The van der Waals surface area contributed by atoms with Gasteiger partial charge in [0.2, 0.25) is 5.91 Å². The number of hydrogen-bond donors (Lipinski definition) is 1. The van der Waals surface area contributed by atoms with Gasteiger partial charge in [-0.2, -0.15) is 5.10 Å². The molecule has 3 fully saturated rings. The zero-order valence-corrected chi connectivity index (χ0v) is 17.3. The summed E-state index contributed by atoms with van der Waals surface area (Å²) in [5, 5.41) is 4.55. The van der Waals surface area contributed by atoms with E-state index < -0.39 is 16.2 Å². The number of hydrogen-bond acceptors (Lipinski definition) is 5. The Morgan fingerprint density at radius 2 is 1.68 bits per heavy atom. The lowest BCUT2D eigenvalue weighted by Crippen LogP contribution is -2.56. The number of nitrogens with one attached hydrogen (secondary N) is 1. The predicted octanol–water partition coefficient (Wildman–Crippen LogP) is 2.62. The summed E-state index contributed by atoms with van der Waals surface area (Å²) in [5.41, 5.74) is 2.54. The van der Waals surface area contributed by atoms with Gasteiger partial charge in [0.25, 0.3) is 0 Å². The molecule has 4 rings (SSSR count). The lowest BCUT2D eigenvalue weighted by atomic mass is 9.64. The Morgan fingerprint density at radius 1 is 1.04 bits per heavy atom. The first-order chi connectivity index (χ1) is 13.2. The van der Waals surface area contributed by atoms with Gasteiger partial charge in [-0.15, -0.1) is 0 Å². The summed E-state index contributed by atoms with van der Waals surface area (Å²) in [6.45, 7) is 9.34. The third-order valence-corrected chi connectivity index (χ3v) is 7.80. The van der Waals surface area contributed by atoms with Crippen molar-refractivity contribution in [2.45, 2.75) is 33.6 Å². The normalized spacial score (nSPS) is 33.5. The number of rotatable bonds is 3. The molecule has 0 spiro atoms. The van der Waals surface area contributed by atoms with E-state index >= 15 is 0 Å². The summed E-state index contributed by atoms with van der Waals surface area (Å²) >= 11 is 0. The van der Waals surface area contributed by atoms with Crippen LogP contribution in [0, 0.1) is 16.2 Å². The Kier molecular flexibility index (Phi) is 4.38. The number of ketones is 1. The van der Waals surface area contributed by atoms with Crippen LogP contribution in [0.2, 0.25) is 0 Å². The van der Waals surface area contributed by atoms with Crippen LogP contribution in [-0.2, 0) is 9.59 Å².